The van der Waals surface area contributed by atoms with Gasteiger partial charge in [0.05, 0.1) is 23.2 Å². The molecule has 2 aromatic rings. The highest BCUT2D eigenvalue weighted by Crippen LogP contribution is 2.31. The second-order valence-electron chi connectivity index (χ2n) is 5.61. The molecule has 0 spiro atoms. The Balaban J connectivity index is 1.75. The molecule has 0 aliphatic carbocycles. The summed E-state index contributed by atoms with van der Waals surface area (Å²) in [5.74, 6) is 1.09. The van der Waals surface area contributed by atoms with Gasteiger partial charge >= 0.3 is 0 Å². The fourth-order valence-electron chi connectivity index (χ4n) is 2.93. The molecule has 1 saturated heterocycles. The molecule has 1 amide bonds. The summed E-state index contributed by atoms with van der Waals surface area (Å²) in [6.45, 7) is 6.76. The van der Waals surface area contributed by atoms with Gasteiger partial charge in [0.1, 0.15) is 5.82 Å². The number of aromatic amines is 1. The lowest BCUT2D eigenvalue weighted by Gasteiger charge is -2.23. The number of carbonyl (C=O) groups excluding carboxylic acids is 1. The first-order valence-electron chi connectivity index (χ1n) is 7.28. The summed E-state index contributed by atoms with van der Waals surface area (Å²) in [7, 11) is 0. The minimum atomic E-state index is 0.0977. The Labute approximate surface area is 128 Å². The lowest BCUT2D eigenvalue weighted by Crippen LogP contribution is -2.32. The van der Waals surface area contributed by atoms with Crippen LogP contribution < -0.4 is 0 Å². The maximum atomic E-state index is 12.6. The Kier molecular flexibility index (Phi) is 3.80. The molecule has 0 saturated carbocycles. The fourth-order valence-corrected chi connectivity index (χ4v) is 3.86. The first kappa shape index (κ1) is 14.3. The van der Waals surface area contributed by atoms with Crippen LogP contribution in [0, 0.1) is 20.8 Å². The molecule has 0 radical (unpaired) electrons. The van der Waals surface area contributed by atoms with Crippen LogP contribution in [0.3, 0.4) is 0 Å². The van der Waals surface area contributed by atoms with Gasteiger partial charge in [-0.25, -0.2) is 9.97 Å². The van der Waals surface area contributed by atoms with E-state index in [4.69, 9.17) is 0 Å². The van der Waals surface area contributed by atoms with Gasteiger partial charge in [0, 0.05) is 23.3 Å². The van der Waals surface area contributed by atoms with Crippen molar-refractivity contribution in [3.63, 3.8) is 0 Å². The number of carbonyl (C=O) groups is 1. The smallest absolute Gasteiger partial charge is 0.228 e. The van der Waals surface area contributed by atoms with Crippen molar-refractivity contribution in [3.8, 4) is 0 Å². The Bertz CT molecular complexity index is 660. The summed E-state index contributed by atoms with van der Waals surface area (Å²) in [6, 6.07) is 0.0977. The van der Waals surface area contributed by atoms with Crippen molar-refractivity contribution in [2.24, 2.45) is 0 Å². The Morgan fingerprint density at radius 1 is 1.48 bits per heavy atom. The molecule has 0 aromatic carbocycles. The highest BCUT2D eigenvalue weighted by atomic mass is 32.1. The quantitative estimate of drug-likeness (QED) is 0.948. The Hall–Kier alpha value is -1.69. The van der Waals surface area contributed by atoms with Gasteiger partial charge in [0.25, 0.3) is 0 Å². The lowest BCUT2D eigenvalue weighted by atomic mass is 10.2. The van der Waals surface area contributed by atoms with Crippen molar-refractivity contribution in [1.29, 1.82) is 0 Å². The van der Waals surface area contributed by atoms with Gasteiger partial charge in [-0.05, 0) is 33.6 Å². The summed E-state index contributed by atoms with van der Waals surface area (Å²) in [5.41, 5.74) is 2.02. The lowest BCUT2D eigenvalue weighted by molar-refractivity contribution is -0.131. The van der Waals surface area contributed by atoms with Crippen molar-refractivity contribution >= 4 is 17.2 Å². The van der Waals surface area contributed by atoms with E-state index in [1.54, 1.807) is 11.3 Å². The largest absolute Gasteiger partial charge is 0.344 e. The average Bonchev–Trinajstić information content (AvgIpc) is 3.10. The molecular formula is C15H20N4OS. The maximum Gasteiger partial charge on any atom is 0.228 e. The third kappa shape index (κ3) is 2.85. The van der Waals surface area contributed by atoms with Crippen molar-refractivity contribution in [2.75, 3.05) is 6.54 Å². The fraction of sp³-hybridized carbons (Fsp3) is 0.533. The van der Waals surface area contributed by atoms with E-state index in [1.165, 1.54) is 0 Å². The van der Waals surface area contributed by atoms with Gasteiger partial charge in [-0.2, -0.15) is 0 Å². The molecule has 3 heterocycles. The topological polar surface area (TPSA) is 61.9 Å². The first-order valence-corrected chi connectivity index (χ1v) is 8.10. The number of H-pyrrole nitrogens is 1. The summed E-state index contributed by atoms with van der Waals surface area (Å²) in [5, 5.41) is 1.02. The molecule has 0 unspecified atom stereocenters. The summed E-state index contributed by atoms with van der Waals surface area (Å²) in [6.07, 6.45) is 4.30. The number of rotatable bonds is 3. The predicted octanol–water partition coefficient (Wildman–Crippen LogP) is 2.70. The van der Waals surface area contributed by atoms with Crippen LogP contribution in [0.2, 0.25) is 0 Å². The minimum absolute atomic E-state index is 0.0977. The number of nitrogens with one attached hydrogen (secondary N) is 1. The van der Waals surface area contributed by atoms with Crippen LogP contribution in [0.25, 0.3) is 0 Å². The van der Waals surface area contributed by atoms with Gasteiger partial charge in [-0.1, -0.05) is 0 Å². The second-order valence-corrected chi connectivity index (χ2v) is 6.90. The number of hydrogen-bond donors (Lipinski definition) is 1. The number of amides is 1. The Morgan fingerprint density at radius 3 is 2.90 bits per heavy atom. The van der Waals surface area contributed by atoms with Crippen LogP contribution in [0.15, 0.2) is 6.20 Å². The highest BCUT2D eigenvalue weighted by Gasteiger charge is 2.32. The molecule has 6 heteroatoms. The normalized spacial score (nSPS) is 18.4. The highest BCUT2D eigenvalue weighted by molar-refractivity contribution is 7.11. The number of thiazole rings is 1. The van der Waals surface area contributed by atoms with Crippen molar-refractivity contribution < 1.29 is 4.79 Å². The third-order valence-corrected chi connectivity index (χ3v) is 5.00. The summed E-state index contributed by atoms with van der Waals surface area (Å²) >= 11 is 1.62. The van der Waals surface area contributed by atoms with Crippen molar-refractivity contribution in [2.45, 2.75) is 46.1 Å². The molecule has 21 heavy (non-hydrogen) atoms. The minimum Gasteiger partial charge on any atom is -0.344 e. The van der Waals surface area contributed by atoms with E-state index in [0.717, 1.165) is 46.5 Å². The van der Waals surface area contributed by atoms with Crippen LogP contribution >= 0.6 is 11.3 Å². The van der Waals surface area contributed by atoms with E-state index < -0.39 is 0 Å². The number of hydrogen-bond acceptors (Lipinski definition) is 4. The van der Waals surface area contributed by atoms with E-state index in [-0.39, 0.29) is 11.9 Å². The number of likely N-dealkylation sites (tertiary alicyclic amines) is 1. The van der Waals surface area contributed by atoms with Crippen molar-refractivity contribution in [1.82, 2.24) is 19.9 Å². The van der Waals surface area contributed by atoms with Crippen LogP contribution in [0.4, 0.5) is 0 Å². The molecule has 2 aromatic heterocycles. The van der Waals surface area contributed by atoms with Gasteiger partial charge in [-0.15, -0.1) is 11.3 Å². The Morgan fingerprint density at radius 2 is 2.29 bits per heavy atom. The third-order valence-electron chi connectivity index (χ3n) is 3.92. The summed E-state index contributed by atoms with van der Waals surface area (Å²) in [4.78, 5) is 27.7. The average molecular weight is 304 g/mol. The van der Waals surface area contributed by atoms with E-state index in [2.05, 4.69) is 15.0 Å². The number of nitrogens with zero attached hydrogens (tertiary/aromatic N) is 3. The standard InChI is InChI=1S/C15H20N4OS/c1-9-8-16-15(17-9)12-5-4-6-19(12)14(20)7-13-10(2)18-11(3)21-13/h8,12H,4-7H2,1-3H3,(H,16,17)/t12-/m0/s1. The van der Waals surface area contributed by atoms with Crippen LogP contribution in [-0.2, 0) is 11.2 Å². The first-order chi connectivity index (χ1) is 10.0. The van der Waals surface area contributed by atoms with E-state index >= 15 is 0 Å². The zero-order valence-electron chi connectivity index (χ0n) is 12.6. The zero-order valence-corrected chi connectivity index (χ0v) is 13.5. The molecule has 5 nitrogen and oxygen atoms in total. The zero-order chi connectivity index (χ0) is 15.0. The molecule has 1 aliphatic rings. The maximum absolute atomic E-state index is 12.6. The number of aromatic nitrogens is 3. The van der Waals surface area contributed by atoms with Crippen LogP contribution in [0.1, 0.15) is 46.0 Å². The molecule has 3 rings (SSSR count). The van der Waals surface area contributed by atoms with Gasteiger partial charge in [-0.3, -0.25) is 4.79 Å². The molecule has 1 aliphatic heterocycles. The molecule has 0 bridgehead atoms. The van der Waals surface area contributed by atoms with E-state index in [0.29, 0.717) is 6.42 Å². The molecule has 1 fully saturated rings. The SMILES string of the molecule is Cc1cnc([C@@H]2CCCN2C(=O)Cc2sc(C)nc2C)[nH]1. The molecule has 1 atom stereocenters. The van der Waals surface area contributed by atoms with Crippen LogP contribution in [-0.4, -0.2) is 32.3 Å². The van der Waals surface area contributed by atoms with E-state index in [1.807, 2.05) is 31.9 Å². The van der Waals surface area contributed by atoms with Gasteiger partial charge in [0.15, 0.2) is 0 Å². The molecule has 1 N–H and O–H groups in total. The monoisotopic (exact) mass is 304 g/mol. The van der Waals surface area contributed by atoms with Gasteiger partial charge < -0.3 is 9.88 Å². The number of aryl methyl sites for hydroxylation is 3. The molecule has 112 valence electrons. The van der Waals surface area contributed by atoms with E-state index in [9.17, 15) is 4.79 Å². The predicted molar refractivity (Wildman–Crippen MR) is 82.3 cm³/mol. The second kappa shape index (κ2) is 5.60. The number of imidazole rings is 1. The molecular weight excluding hydrogens is 284 g/mol. The van der Waals surface area contributed by atoms with Crippen molar-refractivity contribution in [3.05, 3.63) is 33.3 Å². The van der Waals surface area contributed by atoms with Gasteiger partial charge in [0.2, 0.25) is 5.91 Å². The summed E-state index contributed by atoms with van der Waals surface area (Å²) < 4.78 is 0. The van der Waals surface area contributed by atoms with Crippen LogP contribution in [0.5, 0.6) is 0 Å².